The molecule has 7 nitrogen and oxygen atoms in total. The van der Waals surface area contributed by atoms with Crippen LogP contribution in [0.3, 0.4) is 0 Å². The van der Waals surface area contributed by atoms with Gasteiger partial charge in [0.15, 0.2) is 0 Å². The summed E-state index contributed by atoms with van der Waals surface area (Å²) in [6.07, 6.45) is 5.10. The molecule has 0 radical (unpaired) electrons. The molecule has 1 saturated heterocycles. The van der Waals surface area contributed by atoms with E-state index >= 15 is 0 Å². The molecule has 1 unspecified atom stereocenters. The zero-order chi connectivity index (χ0) is 14.1. The first kappa shape index (κ1) is 13.3. The van der Waals surface area contributed by atoms with E-state index in [0.29, 0.717) is 17.9 Å². The maximum atomic E-state index is 6.02. The van der Waals surface area contributed by atoms with Crippen molar-refractivity contribution in [3.05, 3.63) is 24.0 Å². The van der Waals surface area contributed by atoms with Crippen molar-refractivity contribution in [2.24, 2.45) is 0 Å². The molecule has 0 bridgehead atoms. The second-order valence-electron chi connectivity index (χ2n) is 4.95. The first-order valence-electron chi connectivity index (χ1n) is 6.48. The summed E-state index contributed by atoms with van der Waals surface area (Å²) in [6, 6.07) is 0.455. The standard InChI is InChI=1S/C12H16ClN7/c1-9-7-19(6-5-18(9)2)11-15-10(13)16-12(17-11)20-4-3-14-8-20/h3-4,8-9H,5-7H2,1-2H3. The summed E-state index contributed by atoms with van der Waals surface area (Å²) in [7, 11) is 2.12. The number of hydrogen-bond donors (Lipinski definition) is 0. The van der Waals surface area contributed by atoms with Crippen LogP contribution in [0.5, 0.6) is 0 Å². The first-order valence-corrected chi connectivity index (χ1v) is 6.86. The van der Waals surface area contributed by atoms with Gasteiger partial charge in [-0.25, -0.2) is 4.98 Å². The van der Waals surface area contributed by atoms with Crippen LogP contribution in [0.2, 0.25) is 5.28 Å². The van der Waals surface area contributed by atoms with E-state index in [1.165, 1.54) is 0 Å². The van der Waals surface area contributed by atoms with Gasteiger partial charge in [0.05, 0.1) is 0 Å². The number of nitrogens with zero attached hydrogens (tertiary/aromatic N) is 7. The van der Waals surface area contributed by atoms with Gasteiger partial charge in [0.25, 0.3) is 0 Å². The molecule has 3 rings (SSSR count). The van der Waals surface area contributed by atoms with Crippen LogP contribution < -0.4 is 4.90 Å². The molecule has 0 N–H and O–H groups in total. The lowest BCUT2D eigenvalue weighted by atomic mass is 10.2. The van der Waals surface area contributed by atoms with Gasteiger partial charge in [-0.1, -0.05) is 0 Å². The highest BCUT2D eigenvalue weighted by molar-refractivity contribution is 6.28. The van der Waals surface area contributed by atoms with Crippen molar-refractivity contribution < 1.29 is 0 Å². The molecule has 1 aliphatic rings. The number of aromatic nitrogens is 5. The van der Waals surface area contributed by atoms with Gasteiger partial charge in [-0.05, 0) is 25.6 Å². The molecule has 2 aromatic heterocycles. The van der Waals surface area contributed by atoms with Gasteiger partial charge >= 0.3 is 0 Å². The van der Waals surface area contributed by atoms with Gasteiger partial charge < -0.3 is 9.80 Å². The van der Waals surface area contributed by atoms with Gasteiger partial charge in [-0.3, -0.25) is 4.57 Å². The number of anilines is 1. The molecule has 3 heterocycles. The average Bonchev–Trinajstić information content (AvgIpc) is 2.95. The Kier molecular flexibility index (Phi) is 3.54. The van der Waals surface area contributed by atoms with Crippen LogP contribution in [-0.2, 0) is 0 Å². The molecule has 0 aromatic carbocycles. The third kappa shape index (κ3) is 2.59. The summed E-state index contributed by atoms with van der Waals surface area (Å²) in [4.78, 5) is 21.3. The van der Waals surface area contributed by atoms with Gasteiger partial charge in [0, 0.05) is 38.1 Å². The van der Waals surface area contributed by atoms with Crippen molar-refractivity contribution in [3.63, 3.8) is 0 Å². The lowest BCUT2D eigenvalue weighted by molar-refractivity contribution is 0.232. The fourth-order valence-electron chi connectivity index (χ4n) is 2.19. The van der Waals surface area contributed by atoms with Crippen molar-refractivity contribution >= 4 is 17.5 Å². The minimum Gasteiger partial charge on any atom is -0.338 e. The zero-order valence-corrected chi connectivity index (χ0v) is 12.2. The van der Waals surface area contributed by atoms with Crippen molar-refractivity contribution in [2.75, 3.05) is 31.6 Å². The minimum absolute atomic E-state index is 0.199. The first-order chi connectivity index (χ1) is 9.63. The van der Waals surface area contributed by atoms with E-state index in [0.717, 1.165) is 19.6 Å². The second kappa shape index (κ2) is 5.34. The molecule has 106 valence electrons. The molecule has 20 heavy (non-hydrogen) atoms. The number of hydrogen-bond acceptors (Lipinski definition) is 6. The highest BCUT2D eigenvalue weighted by Gasteiger charge is 2.23. The van der Waals surface area contributed by atoms with E-state index in [4.69, 9.17) is 11.6 Å². The number of rotatable bonds is 2. The Balaban J connectivity index is 1.90. The topological polar surface area (TPSA) is 63.0 Å². The quantitative estimate of drug-likeness (QED) is 0.818. The smallest absolute Gasteiger partial charge is 0.241 e. The third-order valence-corrected chi connectivity index (χ3v) is 3.73. The summed E-state index contributed by atoms with van der Waals surface area (Å²) in [5.41, 5.74) is 0. The lowest BCUT2D eigenvalue weighted by Crippen LogP contribution is -2.50. The Morgan fingerprint density at radius 2 is 2.00 bits per heavy atom. The van der Waals surface area contributed by atoms with Gasteiger partial charge in [0.1, 0.15) is 6.33 Å². The molecule has 1 fully saturated rings. The van der Waals surface area contributed by atoms with E-state index in [-0.39, 0.29) is 5.28 Å². The van der Waals surface area contributed by atoms with Gasteiger partial charge in [0.2, 0.25) is 17.2 Å². The lowest BCUT2D eigenvalue weighted by Gasteiger charge is -2.37. The molecule has 0 amide bonds. The Morgan fingerprint density at radius 1 is 1.20 bits per heavy atom. The van der Waals surface area contributed by atoms with Crippen molar-refractivity contribution in [2.45, 2.75) is 13.0 Å². The van der Waals surface area contributed by atoms with E-state index in [2.05, 4.69) is 43.7 Å². The average molecular weight is 294 g/mol. The fraction of sp³-hybridized carbons (Fsp3) is 0.500. The van der Waals surface area contributed by atoms with Crippen LogP contribution in [0.25, 0.3) is 5.95 Å². The SMILES string of the molecule is CC1CN(c2nc(Cl)nc(-n3ccnc3)n2)CCN1C. The minimum atomic E-state index is 0.199. The van der Waals surface area contributed by atoms with Crippen molar-refractivity contribution in [3.8, 4) is 5.95 Å². The summed E-state index contributed by atoms with van der Waals surface area (Å²) in [5.74, 6) is 1.11. The monoisotopic (exact) mass is 293 g/mol. The number of imidazole rings is 1. The predicted molar refractivity (Wildman–Crippen MR) is 76.3 cm³/mol. The zero-order valence-electron chi connectivity index (χ0n) is 11.4. The van der Waals surface area contributed by atoms with E-state index in [1.54, 1.807) is 23.3 Å². The van der Waals surface area contributed by atoms with Crippen molar-refractivity contribution in [1.29, 1.82) is 0 Å². The van der Waals surface area contributed by atoms with Crippen LogP contribution in [0, 0.1) is 0 Å². The predicted octanol–water partition coefficient (Wildman–Crippen LogP) is 0.851. The van der Waals surface area contributed by atoms with E-state index in [1.807, 2.05) is 0 Å². The number of halogens is 1. The fourth-order valence-corrected chi connectivity index (χ4v) is 2.35. The highest BCUT2D eigenvalue weighted by Crippen LogP contribution is 2.17. The van der Waals surface area contributed by atoms with E-state index < -0.39 is 0 Å². The summed E-state index contributed by atoms with van der Waals surface area (Å²) >= 11 is 6.02. The Bertz CT molecular complexity index is 585. The number of piperazine rings is 1. The molecular formula is C12H16ClN7. The van der Waals surface area contributed by atoms with Crippen LogP contribution >= 0.6 is 11.6 Å². The molecule has 1 atom stereocenters. The second-order valence-corrected chi connectivity index (χ2v) is 5.29. The van der Waals surface area contributed by atoms with Crippen LogP contribution in [0.15, 0.2) is 18.7 Å². The Hall–Kier alpha value is -1.73. The molecule has 0 saturated carbocycles. The summed E-state index contributed by atoms with van der Waals surface area (Å²) in [6.45, 7) is 4.92. The molecule has 1 aliphatic heterocycles. The molecule has 0 aliphatic carbocycles. The van der Waals surface area contributed by atoms with Crippen LogP contribution in [0.1, 0.15) is 6.92 Å². The van der Waals surface area contributed by atoms with Crippen molar-refractivity contribution in [1.82, 2.24) is 29.4 Å². The largest absolute Gasteiger partial charge is 0.338 e. The Labute approximate surface area is 122 Å². The summed E-state index contributed by atoms with van der Waals surface area (Å²) < 4.78 is 1.72. The summed E-state index contributed by atoms with van der Waals surface area (Å²) in [5, 5.41) is 0.199. The highest BCUT2D eigenvalue weighted by atomic mass is 35.5. The molecule has 8 heteroatoms. The number of likely N-dealkylation sites (N-methyl/N-ethyl adjacent to an activating group) is 1. The van der Waals surface area contributed by atoms with Crippen LogP contribution in [-0.4, -0.2) is 62.1 Å². The van der Waals surface area contributed by atoms with Crippen LogP contribution in [0.4, 0.5) is 5.95 Å². The normalized spacial score (nSPS) is 20.4. The Morgan fingerprint density at radius 3 is 2.70 bits per heavy atom. The molecular weight excluding hydrogens is 278 g/mol. The van der Waals surface area contributed by atoms with E-state index in [9.17, 15) is 0 Å². The van der Waals surface area contributed by atoms with Gasteiger partial charge in [-0.2, -0.15) is 15.0 Å². The molecule has 2 aromatic rings. The maximum absolute atomic E-state index is 6.02. The maximum Gasteiger partial charge on any atom is 0.241 e. The molecule has 0 spiro atoms. The third-order valence-electron chi connectivity index (χ3n) is 3.56. The van der Waals surface area contributed by atoms with Gasteiger partial charge in [-0.15, -0.1) is 0 Å².